The summed E-state index contributed by atoms with van der Waals surface area (Å²) in [4.78, 5) is 0. The molecule has 0 spiro atoms. The van der Waals surface area contributed by atoms with Crippen molar-refractivity contribution in [3.05, 3.63) is 40.6 Å². The van der Waals surface area contributed by atoms with Crippen LogP contribution in [0.15, 0.2) is 29.5 Å². The first kappa shape index (κ1) is 9.27. The first-order valence-electron chi connectivity index (χ1n) is 4.08. The predicted octanol–water partition coefficient (Wildman–Crippen LogP) is 2.91. The highest BCUT2D eigenvalue weighted by Gasteiger charge is 1.99. The molecule has 0 aliphatic carbocycles. The van der Waals surface area contributed by atoms with Gasteiger partial charge in [0.25, 0.3) is 0 Å². The van der Waals surface area contributed by atoms with Gasteiger partial charge in [0.05, 0.1) is 10.2 Å². The number of benzene rings is 1. The van der Waals surface area contributed by atoms with Crippen LogP contribution >= 0.6 is 0 Å². The number of hydrogen-bond acceptors (Lipinski definition) is 0. The lowest BCUT2D eigenvalue weighted by Crippen LogP contribution is -1.88. The van der Waals surface area contributed by atoms with E-state index in [1.807, 2.05) is 0 Å². The molecule has 0 heterocycles. The van der Waals surface area contributed by atoms with Gasteiger partial charge in [-0.15, -0.1) is 0 Å². The molecule has 0 saturated heterocycles. The van der Waals surface area contributed by atoms with Gasteiger partial charge in [0.1, 0.15) is 0 Å². The SMILES string of the molecule is CC([Si])=C(C)c1ccccc1C. The molecule has 1 rings (SSSR count). The third-order valence-electron chi connectivity index (χ3n) is 2.11. The average molecular weight is 173 g/mol. The lowest BCUT2D eigenvalue weighted by molar-refractivity contribution is 1.40. The summed E-state index contributed by atoms with van der Waals surface area (Å²) in [6.07, 6.45) is 0. The van der Waals surface area contributed by atoms with Gasteiger partial charge in [0.15, 0.2) is 0 Å². The van der Waals surface area contributed by atoms with E-state index in [-0.39, 0.29) is 0 Å². The van der Waals surface area contributed by atoms with Crippen LogP contribution in [0.5, 0.6) is 0 Å². The smallest absolute Gasteiger partial charge is 0.0650 e. The maximum atomic E-state index is 3.54. The Morgan fingerprint density at radius 1 is 1.17 bits per heavy atom. The summed E-state index contributed by atoms with van der Waals surface area (Å²) < 4.78 is 0. The molecule has 0 nitrogen and oxygen atoms in total. The Balaban J connectivity index is 3.21. The Morgan fingerprint density at radius 3 is 2.25 bits per heavy atom. The minimum Gasteiger partial charge on any atom is -0.0880 e. The maximum Gasteiger partial charge on any atom is 0.0650 e. The Kier molecular flexibility index (Phi) is 2.87. The molecule has 0 bridgehead atoms. The van der Waals surface area contributed by atoms with Crippen LogP contribution in [0.1, 0.15) is 25.0 Å². The molecule has 0 fully saturated rings. The number of hydrogen-bond donors (Lipinski definition) is 0. The van der Waals surface area contributed by atoms with Crippen LogP contribution in [0.2, 0.25) is 0 Å². The van der Waals surface area contributed by atoms with Crippen LogP contribution < -0.4 is 0 Å². The van der Waals surface area contributed by atoms with Crippen molar-refractivity contribution in [2.24, 2.45) is 0 Å². The lowest BCUT2D eigenvalue weighted by Gasteiger charge is -2.07. The third kappa shape index (κ3) is 1.86. The van der Waals surface area contributed by atoms with Gasteiger partial charge in [0, 0.05) is 0 Å². The predicted molar refractivity (Wildman–Crippen MR) is 55.2 cm³/mol. The summed E-state index contributed by atoms with van der Waals surface area (Å²) in [5, 5.41) is 1.20. The Bertz CT molecular complexity index is 307. The van der Waals surface area contributed by atoms with Gasteiger partial charge in [0.2, 0.25) is 0 Å². The van der Waals surface area contributed by atoms with Crippen molar-refractivity contribution in [1.29, 1.82) is 0 Å². The second kappa shape index (κ2) is 3.72. The molecule has 1 heteroatoms. The molecule has 0 aromatic heterocycles. The Hall–Kier alpha value is -0.823. The molecule has 12 heavy (non-hydrogen) atoms. The van der Waals surface area contributed by atoms with E-state index in [1.54, 1.807) is 0 Å². The first-order valence-corrected chi connectivity index (χ1v) is 4.58. The van der Waals surface area contributed by atoms with E-state index < -0.39 is 0 Å². The van der Waals surface area contributed by atoms with Gasteiger partial charge >= 0.3 is 0 Å². The van der Waals surface area contributed by atoms with E-state index in [9.17, 15) is 0 Å². The molecular weight excluding hydrogens is 160 g/mol. The topological polar surface area (TPSA) is 0 Å². The standard InChI is InChI=1S/C11H13Si/c1-8-6-4-5-7-11(8)9(2)10(3)12/h4-7H,1-3H3. The Morgan fingerprint density at radius 2 is 1.75 bits per heavy atom. The van der Waals surface area contributed by atoms with E-state index >= 15 is 0 Å². The monoisotopic (exact) mass is 173 g/mol. The molecule has 0 unspecified atom stereocenters. The lowest BCUT2D eigenvalue weighted by atomic mass is 10.0. The van der Waals surface area contributed by atoms with Gasteiger partial charge in [-0.3, -0.25) is 0 Å². The summed E-state index contributed by atoms with van der Waals surface area (Å²) in [6, 6.07) is 8.42. The number of allylic oxidation sites excluding steroid dienone is 2. The summed E-state index contributed by atoms with van der Waals surface area (Å²) in [5.74, 6) is 0. The number of rotatable bonds is 1. The van der Waals surface area contributed by atoms with Crippen molar-refractivity contribution in [2.45, 2.75) is 20.8 Å². The van der Waals surface area contributed by atoms with Crippen molar-refractivity contribution >= 4 is 15.8 Å². The van der Waals surface area contributed by atoms with Crippen molar-refractivity contribution < 1.29 is 0 Å². The highest BCUT2D eigenvalue weighted by molar-refractivity contribution is 6.24. The fraction of sp³-hybridized carbons (Fsp3) is 0.273. The largest absolute Gasteiger partial charge is 0.0880 e. The van der Waals surface area contributed by atoms with Crippen molar-refractivity contribution in [3.63, 3.8) is 0 Å². The summed E-state index contributed by atoms with van der Waals surface area (Å²) in [7, 11) is 3.54. The van der Waals surface area contributed by atoms with E-state index in [0.717, 1.165) is 0 Å². The molecule has 0 saturated carbocycles. The van der Waals surface area contributed by atoms with E-state index in [0.29, 0.717) is 0 Å². The maximum absolute atomic E-state index is 3.54. The molecule has 3 radical (unpaired) electrons. The summed E-state index contributed by atoms with van der Waals surface area (Å²) >= 11 is 0. The van der Waals surface area contributed by atoms with Crippen molar-refractivity contribution in [1.82, 2.24) is 0 Å². The molecular formula is C11H13Si. The third-order valence-corrected chi connectivity index (χ3v) is 2.49. The van der Waals surface area contributed by atoms with Crippen molar-refractivity contribution in [3.8, 4) is 0 Å². The van der Waals surface area contributed by atoms with Crippen LogP contribution in [-0.4, -0.2) is 10.2 Å². The molecule has 0 aliphatic rings. The van der Waals surface area contributed by atoms with E-state index in [4.69, 9.17) is 0 Å². The van der Waals surface area contributed by atoms with Crippen LogP contribution in [0.4, 0.5) is 0 Å². The fourth-order valence-electron chi connectivity index (χ4n) is 1.20. The van der Waals surface area contributed by atoms with Gasteiger partial charge < -0.3 is 0 Å². The van der Waals surface area contributed by atoms with Gasteiger partial charge in [-0.2, -0.15) is 0 Å². The minimum atomic E-state index is 1.20. The highest BCUT2D eigenvalue weighted by Crippen LogP contribution is 2.19. The van der Waals surface area contributed by atoms with Gasteiger partial charge in [-0.1, -0.05) is 29.5 Å². The molecule has 61 valence electrons. The summed E-state index contributed by atoms with van der Waals surface area (Å²) in [6.45, 7) is 6.33. The zero-order valence-corrected chi connectivity index (χ0v) is 8.81. The quantitative estimate of drug-likeness (QED) is 0.573. The molecule has 1 aromatic carbocycles. The van der Waals surface area contributed by atoms with Gasteiger partial charge in [-0.05, 0) is 37.5 Å². The van der Waals surface area contributed by atoms with Crippen LogP contribution in [0.3, 0.4) is 0 Å². The van der Waals surface area contributed by atoms with Crippen LogP contribution in [-0.2, 0) is 0 Å². The molecule has 0 atom stereocenters. The van der Waals surface area contributed by atoms with Crippen LogP contribution in [0.25, 0.3) is 5.57 Å². The van der Waals surface area contributed by atoms with E-state index in [1.165, 1.54) is 21.9 Å². The highest BCUT2D eigenvalue weighted by atomic mass is 28.1. The minimum absolute atomic E-state index is 1.20. The molecule has 1 aromatic rings. The molecule has 0 N–H and O–H groups in total. The zero-order chi connectivity index (χ0) is 9.14. The second-order valence-electron chi connectivity index (χ2n) is 3.06. The normalized spacial score (nSPS) is 12.7. The Labute approximate surface area is 77.7 Å². The van der Waals surface area contributed by atoms with E-state index in [2.05, 4.69) is 55.3 Å². The average Bonchev–Trinajstić information content (AvgIpc) is 2.04. The van der Waals surface area contributed by atoms with Crippen molar-refractivity contribution in [2.75, 3.05) is 0 Å². The number of aryl methyl sites for hydroxylation is 1. The molecule has 0 amide bonds. The van der Waals surface area contributed by atoms with Crippen LogP contribution in [0, 0.1) is 6.92 Å². The fourth-order valence-corrected chi connectivity index (χ4v) is 1.33. The second-order valence-corrected chi connectivity index (χ2v) is 3.81. The zero-order valence-electron chi connectivity index (χ0n) is 7.81. The molecule has 0 aliphatic heterocycles. The van der Waals surface area contributed by atoms with Gasteiger partial charge in [-0.25, -0.2) is 0 Å². The first-order chi connectivity index (χ1) is 5.63. The summed E-state index contributed by atoms with van der Waals surface area (Å²) in [5.41, 5.74) is 3.96.